The lowest BCUT2D eigenvalue weighted by atomic mass is 9.95. The van der Waals surface area contributed by atoms with Crippen LogP contribution in [0.3, 0.4) is 0 Å². The maximum absolute atomic E-state index is 13.4. The van der Waals surface area contributed by atoms with Gasteiger partial charge in [-0.15, -0.1) is 0 Å². The van der Waals surface area contributed by atoms with Gasteiger partial charge in [0.1, 0.15) is 11.8 Å². The second-order valence-corrected chi connectivity index (χ2v) is 9.34. The van der Waals surface area contributed by atoms with Crippen LogP contribution < -0.4 is 10.1 Å². The third-order valence-corrected chi connectivity index (χ3v) is 6.45. The quantitative estimate of drug-likeness (QED) is 0.568. The third-order valence-electron chi connectivity index (χ3n) is 6.45. The fourth-order valence-corrected chi connectivity index (χ4v) is 4.65. The second-order valence-electron chi connectivity index (χ2n) is 9.34. The molecular weight excluding hydrogens is 412 g/mol. The van der Waals surface area contributed by atoms with Crippen LogP contribution in [-0.4, -0.2) is 35.4 Å². The molecule has 5 nitrogen and oxygen atoms in total. The van der Waals surface area contributed by atoms with E-state index in [2.05, 4.69) is 11.4 Å². The molecule has 1 aliphatic rings. The highest BCUT2D eigenvalue weighted by Crippen LogP contribution is 2.21. The topological polar surface area (TPSA) is 58.6 Å². The number of hydrogen-bond donors (Lipinski definition) is 1. The normalized spacial score (nSPS) is 15.0. The van der Waals surface area contributed by atoms with Gasteiger partial charge in [0, 0.05) is 12.6 Å². The first-order chi connectivity index (χ1) is 15.9. The van der Waals surface area contributed by atoms with Crippen LogP contribution in [0.25, 0.3) is 0 Å². The second kappa shape index (κ2) is 11.9. The van der Waals surface area contributed by atoms with Crippen LogP contribution in [0.2, 0.25) is 0 Å². The zero-order valence-electron chi connectivity index (χ0n) is 20.5. The Morgan fingerprint density at radius 1 is 1.03 bits per heavy atom. The van der Waals surface area contributed by atoms with E-state index in [-0.39, 0.29) is 24.5 Å². The Morgan fingerprint density at radius 3 is 2.42 bits per heavy atom. The average molecular weight is 451 g/mol. The molecule has 0 saturated heterocycles. The number of carbonyl (C=O) groups excluding carboxylic acids is 2. The van der Waals surface area contributed by atoms with E-state index in [0.717, 1.165) is 47.9 Å². The number of rotatable bonds is 9. The fraction of sp³-hybridized carbons (Fsp3) is 0.500. The molecule has 0 bridgehead atoms. The summed E-state index contributed by atoms with van der Waals surface area (Å²) in [4.78, 5) is 28.4. The molecule has 0 spiro atoms. The lowest BCUT2D eigenvalue weighted by Crippen LogP contribution is -2.52. The van der Waals surface area contributed by atoms with E-state index in [1.807, 2.05) is 64.1 Å². The molecule has 0 aromatic heterocycles. The number of ether oxygens (including phenoxy) is 1. The highest BCUT2D eigenvalue weighted by molar-refractivity contribution is 5.88. The van der Waals surface area contributed by atoms with Crippen molar-refractivity contribution in [3.05, 3.63) is 64.7 Å². The van der Waals surface area contributed by atoms with Gasteiger partial charge >= 0.3 is 0 Å². The van der Waals surface area contributed by atoms with E-state index in [9.17, 15) is 9.59 Å². The number of nitrogens with one attached hydrogen (secondary N) is 1. The van der Waals surface area contributed by atoms with Gasteiger partial charge in [-0.05, 0) is 57.2 Å². The molecule has 0 radical (unpaired) electrons. The first kappa shape index (κ1) is 24.8. The van der Waals surface area contributed by atoms with Crippen molar-refractivity contribution in [2.75, 3.05) is 6.61 Å². The molecule has 1 atom stereocenters. The standard InChI is InChI=1S/C28H38N2O3/c1-5-25(28(32)29-24-12-7-6-8-13-24)30(18-23-11-9-10-20(2)17-23)27(31)19-33-26-15-14-21(3)16-22(26)4/h9-11,14-17,24-25H,5-8,12-13,18-19H2,1-4H3,(H,29,32)/t25-/m0/s1. The number of hydrogen-bond acceptors (Lipinski definition) is 3. The molecule has 1 fully saturated rings. The molecule has 0 unspecified atom stereocenters. The third kappa shape index (κ3) is 7.08. The maximum Gasteiger partial charge on any atom is 0.261 e. The fourth-order valence-electron chi connectivity index (χ4n) is 4.65. The first-order valence-corrected chi connectivity index (χ1v) is 12.2. The van der Waals surface area contributed by atoms with Crippen molar-refractivity contribution in [1.29, 1.82) is 0 Å². The summed E-state index contributed by atoms with van der Waals surface area (Å²) >= 11 is 0. The molecule has 2 amide bonds. The van der Waals surface area contributed by atoms with E-state index >= 15 is 0 Å². The molecule has 5 heteroatoms. The molecule has 0 heterocycles. The van der Waals surface area contributed by atoms with Crippen molar-refractivity contribution >= 4 is 11.8 Å². The molecule has 2 aromatic carbocycles. The van der Waals surface area contributed by atoms with Crippen LogP contribution in [0.1, 0.15) is 67.7 Å². The summed E-state index contributed by atoms with van der Waals surface area (Å²) in [7, 11) is 0. The molecular formula is C28H38N2O3. The number of carbonyl (C=O) groups is 2. The summed E-state index contributed by atoms with van der Waals surface area (Å²) in [5.74, 6) is 0.461. The minimum Gasteiger partial charge on any atom is -0.483 e. The van der Waals surface area contributed by atoms with Gasteiger partial charge in [0.2, 0.25) is 5.91 Å². The van der Waals surface area contributed by atoms with E-state index < -0.39 is 6.04 Å². The van der Waals surface area contributed by atoms with Gasteiger partial charge in [-0.25, -0.2) is 0 Å². The Labute approximate surface area is 198 Å². The minimum absolute atomic E-state index is 0.0584. The Bertz CT molecular complexity index is 950. The van der Waals surface area contributed by atoms with Crippen LogP contribution in [0.15, 0.2) is 42.5 Å². The number of amides is 2. The predicted octanol–water partition coefficient (Wildman–Crippen LogP) is 5.25. The van der Waals surface area contributed by atoms with Gasteiger partial charge in [-0.1, -0.05) is 73.7 Å². The van der Waals surface area contributed by atoms with Crippen LogP contribution in [0, 0.1) is 20.8 Å². The molecule has 3 rings (SSSR count). The lowest BCUT2D eigenvalue weighted by molar-refractivity contribution is -0.143. The Kier molecular flexibility index (Phi) is 8.93. The van der Waals surface area contributed by atoms with Crippen LogP contribution in [0.5, 0.6) is 5.75 Å². The summed E-state index contributed by atoms with van der Waals surface area (Å²) in [6.07, 6.45) is 6.12. The predicted molar refractivity (Wildman–Crippen MR) is 132 cm³/mol. The van der Waals surface area contributed by atoms with Gasteiger partial charge < -0.3 is 15.0 Å². The molecule has 0 aliphatic heterocycles. The molecule has 1 N–H and O–H groups in total. The summed E-state index contributed by atoms with van der Waals surface area (Å²) in [5.41, 5.74) is 4.29. The van der Waals surface area contributed by atoms with E-state index in [0.29, 0.717) is 18.7 Å². The van der Waals surface area contributed by atoms with Crippen molar-refractivity contribution in [3.8, 4) is 5.75 Å². The van der Waals surface area contributed by atoms with Crippen molar-refractivity contribution in [1.82, 2.24) is 10.2 Å². The number of aryl methyl sites for hydroxylation is 3. The van der Waals surface area contributed by atoms with Gasteiger partial charge in [0.25, 0.3) is 5.91 Å². The minimum atomic E-state index is -0.525. The smallest absolute Gasteiger partial charge is 0.261 e. The monoisotopic (exact) mass is 450 g/mol. The average Bonchev–Trinajstić information content (AvgIpc) is 2.79. The summed E-state index contributed by atoms with van der Waals surface area (Å²) in [6, 6.07) is 13.7. The van der Waals surface area contributed by atoms with Crippen LogP contribution >= 0.6 is 0 Å². The maximum atomic E-state index is 13.4. The summed E-state index contributed by atoms with van der Waals surface area (Å²) in [5, 5.41) is 3.22. The van der Waals surface area contributed by atoms with Crippen molar-refractivity contribution in [2.24, 2.45) is 0 Å². The van der Waals surface area contributed by atoms with Crippen LogP contribution in [-0.2, 0) is 16.1 Å². The Hall–Kier alpha value is -2.82. The van der Waals surface area contributed by atoms with Gasteiger partial charge in [-0.3, -0.25) is 9.59 Å². The number of benzene rings is 2. The molecule has 33 heavy (non-hydrogen) atoms. The van der Waals surface area contributed by atoms with Crippen molar-refractivity contribution in [3.63, 3.8) is 0 Å². The highest BCUT2D eigenvalue weighted by atomic mass is 16.5. The molecule has 178 valence electrons. The van der Waals surface area contributed by atoms with Crippen LogP contribution in [0.4, 0.5) is 0 Å². The Morgan fingerprint density at radius 2 is 1.76 bits per heavy atom. The molecule has 1 saturated carbocycles. The van der Waals surface area contributed by atoms with E-state index in [4.69, 9.17) is 4.74 Å². The van der Waals surface area contributed by atoms with Crippen molar-refractivity contribution in [2.45, 2.75) is 84.8 Å². The first-order valence-electron chi connectivity index (χ1n) is 12.2. The SMILES string of the molecule is CC[C@@H](C(=O)NC1CCCCC1)N(Cc1cccc(C)c1)C(=O)COc1ccc(C)cc1C. The van der Waals surface area contributed by atoms with Gasteiger partial charge in [0.15, 0.2) is 6.61 Å². The van der Waals surface area contributed by atoms with Gasteiger partial charge in [0.05, 0.1) is 0 Å². The summed E-state index contributed by atoms with van der Waals surface area (Å²) in [6.45, 7) is 8.29. The zero-order chi connectivity index (χ0) is 23.8. The van der Waals surface area contributed by atoms with E-state index in [1.165, 1.54) is 6.42 Å². The lowest BCUT2D eigenvalue weighted by Gasteiger charge is -2.32. The van der Waals surface area contributed by atoms with Crippen molar-refractivity contribution < 1.29 is 14.3 Å². The number of nitrogens with zero attached hydrogens (tertiary/aromatic N) is 1. The molecule has 2 aromatic rings. The zero-order valence-corrected chi connectivity index (χ0v) is 20.5. The molecule has 1 aliphatic carbocycles. The highest BCUT2D eigenvalue weighted by Gasteiger charge is 2.30. The van der Waals surface area contributed by atoms with E-state index in [1.54, 1.807) is 4.90 Å². The largest absolute Gasteiger partial charge is 0.483 e. The van der Waals surface area contributed by atoms with Gasteiger partial charge in [-0.2, -0.15) is 0 Å². The summed E-state index contributed by atoms with van der Waals surface area (Å²) < 4.78 is 5.90. The Balaban J connectivity index is 1.77.